The van der Waals surface area contributed by atoms with Crippen molar-refractivity contribution in [1.82, 2.24) is 25.7 Å². The van der Waals surface area contributed by atoms with Gasteiger partial charge in [0.25, 0.3) is 0 Å². The van der Waals surface area contributed by atoms with Crippen molar-refractivity contribution < 1.29 is 4.52 Å². The number of likely N-dealkylation sites (tertiary alicyclic amines) is 1. The van der Waals surface area contributed by atoms with Crippen molar-refractivity contribution in [1.29, 1.82) is 0 Å². The van der Waals surface area contributed by atoms with E-state index in [1.807, 2.05) is 0 Å². The van der Waals surface area contributed by atoms with Crippen molar-refractivity contribution in [2.45, 2.75) is 46.2 Å². The molecule has 1 aromatic heterocycles. The summed E-state index contributed by atoms with van der Waals surface area (Å²) in [5, 5.41) is 10.7. The first-order valence-electron chi connectivity index (χ1n) is 8.27. The van der Waals surface area contributed by atoms with Crippen LogP contribution in [0.5, 0.6) is 0 Å². The Kier molecular flexibility index (Phi) is 9.27. The van der Waals surface area contributed by atoms with Gasteiger partial charge < -0.3 is 15.2 Å². The predicted octanol–water partition coefficient (Wildman–Crippen LogP) is 2.09. The number of nitrogens with one attached hydrogen (secondary N) is 2. The SMILES string of the molecule is C=C(C)CN1CCC(NC(=NCc2noc(C)n2)NCC)CC1.I. The molecule has 0 aliphatic carbocycles. The smallest absolute Gasteiger partial charge is 0.223 e. The number of rotatable bonds is 6. The summed E-state index contributed by atoms with van der Waals surface area (Å²) in [6.07, 6.45) is 2.22. The highest BCUT2D eigenvalue weighted by Gasteiger charge is 2.19. The molecule has 0 atom stereocenters. The van der Waals surface area contributed by atoms with Crippen LogP contribution in [0.2, 0.25) is 0 Å². The van der Waals surface area contributed by atoms with Gasteiger partial charge in [0, 0.05) is 39.1 Å². The Morgan fingerprint density at radius 2 is 2.12 bits per heavy atom. The summed E-state index contributed by atoms with van der Waals surface area (Å²) in [4.78, 5) is 11.2. The van der Waals surface area contributed by atoms with Gasteiger partial charge in [0.1, 0.15) is 6.54 Å². The predicted molar refractivity (Wildman–Crippen MR) is 107 cm³/mol. The summed E-state index contributed by atoms with van der Waals surface area (Å²) in [5.74, 6) is 1.99. The van der Waals surface area contributed by atoms with Gasteiger partial charge in [-0.15, -0.1) is 24.0 Å². The molecule has 24 heavy (non-hydrogen) atoms. The molecule has 8 heteroatoms. The molecule has 2 N–H and O–H groups in total. The first-order valence-corrected chi connectivity index (χ1v) is 8.27. The average Bonchev–Trinajstić information content (AvgIpc) is 2.92. The van der Waals surface area contributed by atoms with Crippen LogP contribution in [-0.4, -0.2) is 53.2 Å². The highest BCUT2D eigenvalue weighted by atomic mass is 127. The van der Waals surface area contributed by atoms with Gasteiger partial charge in [0.15, 0.2) is 11.8 Å². The number of halogens is 1. The van der Waals surface area contributed by atoms with E-state index in [0.29, 0.717) is 24.3 Å². The normalized spacial score (nSPS) is 16.5. The quantitative estimate of drug-likeness (QED) is 0.301. The Hall–Kier alpha value is -1.16. The molecule has 0 radical (unpaired) electrons. The first-order chi connectivity index (χ1) is 11.1. The molecule has 0 aromatic carbocycles. The van der Waals surface area contributed by atoms with Crippen molar-refractivity contribution in [3.05, 3.63) is 23.9 Å². The van der Waals surface area contributed by atoms with Crippen LogP contribution in [0.1, 0.15) is 38.4 Å². The minimum Gasteiger partial charge on any atom is -0.357 e. The summed E-state index contributed by atoms with van der Waals surface area (Å²) in [7, 11) is 0. The molecule has 1 aliphatic heterocycles. The number of nitrogens with zero attached hydrogens (tertiary/aromatic N) is 4. The highest BCUT2D eigenvalue weighted by molar-refractivity contribution is 14.0. The third-order valence-corrected chi connectivity index (χ3v) is 3.71. The van der Waals surface area contributed by atoms with E-state index in [1.165, 1.54) is 5.57 Å². The second-order valence-electron chi connectivity index (χ2n) is 6.08. The van der Waals surface area contributed by atoms with Crippen LogP contribution < -0.4 is 10.6 Å². The molecule has 1 saturated heterocycles. The number of aromatic nitrogens is 2. The zero-order valence-corrected chi connectivity index (χ0v) is 17.2. The van der Waals surface area contributed by atoms with Gasteiger partial charge in [0.05, 0.1) is 0 Å². The molecule has 0 bridgehead atoms. The summed E-state index contributed by atoms with van der Waals surface area (Å²) >= 11 is 0. The maximum atomic E-state index is 4.97. The average molecular weight is 448 g/mol. The Balaban J connectivity index is 0.00000288. The van der Waals surface area contributed by atoms with Crippen molar-refractivity contribution in [3.63, 3.8) is 0 Å². The molecule has 0 unspecified atom stereocenters. The standard InChI is InChI=1S/C16H28N6O.HI/c1-5-17-16(18-10-15-19-13(4)23-21-15)20-14-6-8-22(9-7-14)11-12(2)3;/h14H,2,5-11H2,1,3-4H3,(H2,17,18,20);1H. The first kappa shape index (κ1) is 20.9. The lowest BCUT2D eigenvalue weighted by atomic mass is 10.0. The van der Waals surface area contributed by atoms with Gasteiger partial charge in [0.2, 0.25) is 5.89 Å². The minimum absolute atomic E-state index is 0. The Bertz CT molecular complexity index is 536. The maximum Gasteiger partial charge on any atom is 0.223 e. The summed E-state index contributed by atoms with van der Waals surface area (Å²) in [6, 6.07) is 0.446. The molecular weight excluding hydrogens is 419 g/mol. The van der Waals surface area contributed by atoms with Crippen LogP contribution in [0.15, 0.2) is 21.7 Å². The number of piperidine rings is 1. The molecule has 0 amide bonds. The van der Waals surface area contributed by atoms with Crippen molar-refractivity contribution >= 4 is 29.9 Å². The lowest BCUT2D eigenvalue weighted by Gasteiger charge is -2.33. The van der Waals surface area contributed by atoms with E-state index < -0.39 is 0 Å². The Morgan fingerprint density at radius 3 is 2.67 bits per heavy atom. The van der Waals surface area contributed by atoms with Gasteiger partial charge in [-0.1, -0.05) is 17.3 Å². The van der Waals surface area contributed by atoms with E-state index in [1.54, 1.807) is 6.92 Å². The van der Waals surface area contributed by atoms with Gasteiger partial charge in [-0.2, -0.15) is 4.98 Å². The van der Waals surface area contributed by atoms with Crippen LogP contribution in [0.3, 0.4) is 0 Å². The maximum absolute atomic E-state index is 4.97. The molecule has 0 spiro atoms. The van der Waals surface area contributed by atoms with E-state index in [-0.39, 0.29) is 24.0 Å². The molecule has 1 aliphatic rings. The van der Waals surface area contributed by atoms with Crippen molar-refractivity contribution in [2.24, 2.45) is 4.99 Å². The van der Waals surface area contributed by atoms with Crippen LogP contribution in [0.25, 0.3) is 0 Å². The van der Waals surface area contributed by atoms with Crippen molar-refractivity contribution in [2.75, 3.05) is 26.2 Å². The van der Waals surface area contributed by atoms with E-state index in [9.17, 15) is 0 Å². The topological polar surface area (TPSA) is 78.6 Å². The van der Waals surface area contributed by atoms with Gasteiger partial charge in [-0.3, -0.25) is 4.90 Å². The lowest BCUT2D eigenvalue weighted by molar-refractivity contribution is 0.221. The van der Waals surface area contributed by atoms with E-state index >= 15 is 0 Å². The van der Waals surface area contributed by atoms with Crippen molar-refractivity contribution in [3.8, 4) is 0 Å². The summed E-state index contributed by atoms with van der Waals surface area (Å²) in [5.41, 5.74) is 1.22. The fraction of sp³-hybridized carbons (Fsp3) is 0.688. The molecule has 2 heterocycles. The lowest BCUT2D eigenvalue weighted by Crippen LogP contribution is -2.48. The van der Waals surface area contributed by atoms with Gasteiger partial charge >= 0.3 is 0 Å². The van der Waals surface area contributed by atoms with Crippen LogP contribution in [0, 0.1) is 6.92 Å². The molecule has 7 nitrogen and oxygen atoms in total. The fourth-order valence-corrected chi connectivity index (χ4v) is 2.69. The largest absolute Gasteiger partial charge is 0.357 e. The molecule has 136 valence electrons. The number of hydrogen-bond donors (Lipinski definition) is 2. The minimum atomic E-state index is 0. The fourth-order valence-electron chi connectivity index (χ4n) is 2.69. The van der Waals surface area contributed by atoms with Gasteiger partial charge in [-0.05, 0) is 26.7 Å². The zero-order chi connectivity index (χ0) is 16.7. The molecular formula is C16H29IN6O. The van der Waals surface area contributed by atoms with E-state index in [2.05, 4.69) is 51.1 Å². The third kappa shape index (κ3) is 7.16. The van der Waals surface area contributed by atoms with E-state index in [0.717, 1.165) is 45.0 Å². The van der Waals surface area contributed by atoms with Crippen LogP contribution in [0.4, 0.5) is 0 Å². The molecule has 1 fully saturated rings. The van der Waals surface area contributed by atoms with Gasteiger partial charge in [-0.25, -0.2) is 4.99 Å². The molecule has 0 saturated carbocycles. The second kappa shape index (κ2) is 10.7. The Labute approximate surface area is 161 Å². The van der Waals surface area contributed by atoms with Crippen LogP contribution >= 0.6 is 24.0 Å². The summed E-state index contributed by atoms with van der Waals surface area (Å²) < 4.78 is 4.97. The zero-order valence-electron chi connectivity index (χ0n) is 14.8. The van der Waals surface area contributed by atoms with E-state index in [4.69, 9.17) is 4.52 Å². The number of guanidine groups is 1. The van der Waals surface area contributed by atoms with Crippen LogP contribution in [-0.2, 0) is 6.54 Å². The number of hydrogen-bond acceptors (Lipinski definition) is 5. The monoisotopic (exact) mass is 448 g/mol. The Morgan fingerprint density at radius 1 is 1.42 bits per heavy atom. The third-order valence-electron chi connectivity index (χ3n) is 3.71. The molecule has 1 aromatic rings. The number of aliphatic imine (C=N–C) groups is 1. The number of aryl methyl sites for hydroxylation is 1. The highest BCUT2D eigenvalue weighted by Crippen LogP contribution is 2.11. The molecule has 2 rings (SSSR count). The summed E-state index contributed by atoms with van der Waals surface area (Å²) in [6.45, 7) is 14.3. The second-order valence-corrected chi connectivity index (χ2v) is 6.08.